The molecule has 0 bridgehead atoms. The number of nitrogens with zero attached hydrogens (tertiary/aromatic N) is 2. The zero-order valence-electron chi connectivity index (χ0n) is 36.1. The van der Waals surface area contributed by atoms with E-state index in [-0.39, 0.29) is 21.9 Å². The Morgan fingerprint density at radius 3 is 1.18 bits per heavy atom. The molecule has 4 nitrogen and oxygen atoms in total. The van der Waals surface area contributed by atoms with Crippen molar-refractivity contribution in [1.82, 2.24) is 0 Å². The van der Waals surface area contributed by atoms with Crippen LogP contribution in [0.4, 0.5) is 22.7 Å². The molecule has 0 saturated heterocycles. The number of methoxy groups -OCH3 is 2. The molecule has 0 N–H and O–H groups in total. The fourth-order valence-electron chi connectivity index (χ4n) is 12.8. The van der Waals surface area contributed by atoms with Gasteiger partial charge in [0.2, 0.25) is 0 Å². The first kappa shape index (κ1) is 37.3. The molecule has 0 spiro atoms. The average molecular weight is 789 g/mol. The van der Waals surface area contributed by atoms with Gasteiger partial charge < -0.3 is 19.3 Å². The summed E-state index contributed by atoms with van der Waals surface area (Å²) in [6, 6.07) is 50.5. The summed E-state index contributed by atoms with van der Waals surface area (Å²) < 4.78 is 11.5. The Morgan fingerprint density at radius 1 is 0.417 bits per heavy atom. The molecule has 11 rings (SSSR count). The molecule has 2 fully saturated rings. The molecule has 2 heterocycles. The van der Waals surface area contributed by atoms with E-state index in [1.165, 1.54) is 116 Å². The van der Waals surface area contributed by atoms with Crippen molar-refractivity contribution in [2.24, 2.45) is 0 Å². The number of hydrogen-bond donors (Lipinski definition) is 0. The quantitative estimate of drug-likeness (QED) is 0.157. The third-order valence-corrected chi connectivity index (χ3v) is 16.3. The van der Waals surface area contributed by atoms with Gasteiger partial charge in [0.05, 0.1) is 25.3 Å². The Kier molecular flexibility index (Phi) is 8.31. The van der Waals surface area contributed by atoms with E-state index in [1.54, 1.807) is 14.2 Å². The fourth-order valence-corrected chi connectivity index (χ4v) is 12.8. The summed E-state index contributed by atoms with van der Waals surface area (Å²) in [5.41, 5.74) is 13.1. The van der Waals surface area contributed by atoms with Crippen LogP contribution in [-0.2, 0) is 10.8 Å². The first-order valence-corrected chi connectivity index (χ1v) is 22.3. The third kappa shape index (κ3) is 4.97. The van der Waals surface area contributed by atoms with Gasteiger partial charge in [0.15, 0.2) is 0 Å². The fraction of sp³-hybridized carbons (Fsp3) is 0.321. The number of benzene rings is 7. The molecule has 2 aliphatic carbocycles. The predicted molar refractivity (Wildman–Crippen MR) is 251 cm³/mol. The van der Waals surface area contributed by atoms with Gasteiger partial charge in [-0.05, 0) is 143 Å². The standard InChI is InChI=1S/C56H56N2O2/c1-53-29-11-13-31-55(53,3)57(39-17-15-19-41(35-39)59-5)49-27-25-37(33-47(49)53)51-43-21-7-9-23-45(43)52(46-24-10-8-22-44(46)51)38-26-28-50-48(34-38)54(2)30-12-14-32-56(54,4)58(50)40-18-16-20-42(36-40)60-6/h7-10,15-28,33-36H,11-14,29-32H2,1-6H3. The molecule has 0 radical (unpaired) electrons. The molecule has 60 heavy (non-hydrogen) atoms. The lowest BCUT2D eigenvalue weighted by atomic mass is 9.61. The SMILES string of the molecule is COc1cccc(N2c3ccc(-c4c5ccccc5c(-c5ccc6c(c5)C5(C)CCCCC5(C)N6c5cccc(OC)c5)c5ccccc45)cc3C3(C)CCCCC23C)c1. The number of rotatable bonds is 6. The molecule has 0 amide bonds. The maximum atomic E-state index is 5.75. The lowest BCUT2D eigenvalue weighted by Gasteiger charge is -2.50. The molecule has 4 heteroatoms. The van der Waals surface area contributed by atoms with E-state index in [9.17, 15) is 0 Å². The summed E-state index contributed by atoms with van der Waals surface area (Å²) in [6.45, 7) is 10.1. The van der Waals surface area contributed by atoms with Crippen molar-refractivity contribution in [2.45, 2.75) is 101 Å². The van der Waals surface area contributed by atoms with Gasteiger partial charge in [0, 0.05) is 45.7 Å². The van der Waals surface area contributed by atoms with Crippen LogP contribution in [0.15, 0.2) is 133 Å². The lowest BCUT2D eigenvalue weighted by molar-refractivity contribution is 0.195. The maximum absolute atomic E-state index is 5.75. The highest BCUT2D eigenvalue weighted by Crippen LogP contribution is 2.63. The van der Waals surface area contributed by atoms with Gasteiger partial charge in [-0.1, -0.05) is 112 Å². The molecule has 302 valence electrons. The maximum Gasteiger partial charge on any atom is 0.120 e. The zero-order chi connectivity index (χ0) is 41.0. The average Bonchev–Trinajstić information content (AvgIpc) is 3.62. The molecular weight excluding hydrogens is 733 g/mol. The van der Waals surface area contributed by atoms with Crippen molar-refractivity contribution in [2.75, 3.05) is 24.0 Å². The van der Waals surface area contributed by atoms with Crippen molar-refractivity contribution in [3.05, 3.63) is 145 Å². The highest BCUT2D eigenvalue weighted by molar-refractivity contribution is 6.21. The lowest BCUT2D eigenvalue weighted by Crippen LogP contribution is -2.54. The van der Waals surface area contributed by atoms with Crippen LogP contribution in [-0.4, -0.2) is 25.3 Å². The summed E-state index contributed by atoms with van der Waals surface area (Å²) in [6.07, 6.45) is 9.63. The van der Waals surface area contributed by atoms with E-state index < -0.39 is 0 Å². The Balaban J connectivity index is 1.11. The van der Waals surface area contributed by atoms with Crippen molar-refractivity contribution < 1.29 is 9.47 Å². The van der Waals surface area contributed by atoms with Crippen molar-refractivity contribution >= 4 is 44.3 Å². The summed E-state index contributed by atoms with van der Waals surface area (Å²) in [5, 5.41) is 5.21. The third-order valence-electron chi connectivity index (χ3n) is 16.3. The Morgan fingerprint density at radius 2 is 0.800 bits per heavy atom. The molecule has 7 aromatic carbocycles. The van der Waals surface area contributed by atoms with Gasteiger partial charge in [-0.3, -0.25) is 0 Å². The van der Waals surface area contributed by atoms with Crippen LogP contribution in [0.2, 0.25) is 0 Å². The van der Waals surface area contributed by atoms with Crippen LogP contribution in [0, 0.1) is 0 Å². The van der Waals surface area contributed by atoms with Gasteiger partial charge in [0.1, 0.15) is 11.5 Å². The van der Waals surface area contributed by atoms with E-state index in [0.717, 1.165) is 24.3 Å². The molecule has 2 saturated carbocycles. The van der Waals surface area contributed by atoms with Gasteiger partial charge in [-0.2, -0.15) is 0 Å². The summed E-state index contributed by atoms with van der Waals surface area (Å²) in [5.74, 6) is 1.80. The minimum atomic E-state index is -0.0483. The largest absolute Gasteiger partial charge is 0.497 e. The number of fused-ring (bicyclic) bond motifs is 8. The van der Waals surface area contributed by atoms with Crippen molar-refractivity contribution in [1.29, 1.82) is 0 Å². The van der Waals surface area contributed by atoms with E-state index in [1.807, 2.05) is 0 Å². The van der Waals surface area contributed by atoms with Crippen LogP contribution in [0.1, 0.15) is 90.2 Å². The predicted octanol–water partition coefficient (Wildman–Crippen LogP) is 14.8. The molecule has 7 aromatic rings. The van der Waals surface area contributed by atoms with Crippen LogP contribution < -0.4 is 19.3 Å². The number of ether oxygens (including phenoxy) is 2. The summed E-state index contributed by atoms with van der Waals surface area (Å²) in [4.78, 5) is 5.29. The summed E-state index contributed by atoms with van der Waals surface area (Å²) >= 11 is 0. The van der Waals surface area contributed by atoms with Crippen molar-refractivity contribution in [3.8, 4) is 33.8 Å². The second-order valence-electron chi connectivity index (χ2n) is 19.0. The number of hydrogen-bond acceptors (Lipinski definition) is 4. The first-order valence-electron chi connectivity index (χ1n) is 22.3. The summed E-state index contributed by atoms with van der Waals surface area (Å²) in [7, 11) is 3.54. The molecule has 4 unspecified atom stereocenters. The Hall–Kier alpha value is -5.74. The molecule has 2 aliphatic heterocycles. The van der Waals surface area contributed by atoms with Gasteiger partial charge >= 0.3 is 0 Å². The smallest absolute Gasteiger partial charge is 0.120 e. The second kappa shape index (κ2) is 13.4. The van der Waals surface area contributed by atoms with Gasteiger partial charge in [0.25, 0.3) is 0 Å². The van der Waals surface area contributed by atoms with E-state index in [4.69, 9.17) is 9.47 Å². The second-order valence-corrected chi connectivity index (χ2v) is 19.0. The van der Waals surface area contributed by atoms with E-state index in [2.05, 4.69) is 171 Å². The van der Waals surface area contributed by atoms with Crippen LogP contribution in [0.25, 0.3) is 43.8 Å². The molecule has 4 atom stereocenters. The Labute approximate surface area is 355 Å². The van der Waals surface area contributed by atoms with Crippen molar-refractivity contribution in [3.63, 3.8) is 0 Å². The van der Waals surface area contributed by atoms with E-state index >= 15 is 0 Å². The minimum absolute atomic E-state index is 0.00186. The molecule has 4 aliphatic rings. The van der Waals surface area contributed by atoms with Gasteiger partial charge in [-0.15, -0.1) is 0 Å². The van der Waals surface area contributed by atoms with Crippen LogP contribution in [0.3, 0.4) is 0 Å². The first-order chi connectivity index (χ1) is 29.1. The molecule has 0 aromatic heterocycles. The van der Waals surface area contributed by atoms with Gasteiger partial charge in [-0.25, -0.2) is 0 Å². The highest BCUT2D eigenvalue weighted by Gasteiger charge is 2.59. The zero-order valence-corrected chi connectivity index (χ0v) is 36.1. The number of anilines is 4. The van der Waals surface area contributed by atoms with Crippen LogP contribution in [0.5, 0.6) is 11.5 Å². The minimum Gasteiger partial charge on any atom is -0.497 e. The van der Waals surface area contributed by atoms with Crippen LogP contribution >= 0.6 is 0 Å². The Bertz CT molecular complexity index is 2610. The highest BCUT2D eigenvalue weighted by atomic mass is 16.5. The van der Waals surface area contributed by atoms with E-state index in [0.29, 0.717) is 0 Å². The molecular formula is C56H56N2O2. The topological polar surface area (TPSA) is 24.9 Å². The monoisotopic (exact) mass is 788 g/mol. The normalized spacial score (nSPS) is 25.5.